The molecule has 0 saturated carbocycles. The summed E-state index contributed by atoms with van der Waals surface area (Å²) in [5, 5.41) is 13.7. The quantitative estimate of drug-likeness (QED) is 0.723. The van der Waals surface area contributed by atoms with E-state index in [1.807, 2.05) is 12.1 Å². The van der Waals surface area contributed by atoms with E-state index >= 15 is 0 Å². The third-order valence-corrected chi connectivity index (χ3v) is 4.00. The predicted molar refractivity (Wildman–Crippen MR) is 91.0 cm³/mol. The number of rotatable bonds is 7. The number of nitrogens with one attached hydrogen (secondary N) is 1. The molecule has 0 saturated heterocycles. The van der Waals surface area contributed by atoms with Crippen molar-refractivity contribution >= 4 is 34.8 Å². The van der Waals surface area contributed by atoms with Gasteiger partial charge in [0.2, 0.25) is 0 Å². The summed E-state index contributed by atoms with van der Waals surface area (Å²) in [4.78, 5) is 0. The van der Waals surface area contributed by atoms with Crippen molar-refractivity contribution in [2.24, 2.45) is 0 Å². The molecule has 6 heteroatoms. The van der Waals surface area contributed by atoms with Gasteiger partial charge >= 0.3 is 0 Å². The maximum Gasteiger partial charge on any atom is 0.124 e. The van der Waals surface area contributed by atoms with Crippen LogP contribution in [0.15, 0.2) is 36.4 Å². The van der Waals surface area contributed by atoms with Gasteiger partial charge in [0.25, 0.3) is 0 Å². The second-order valence-electron chi connectivity index (χ2n) is 4.64. The smallest absolute Gasteiger partial charge is 0.124 e. The number of ether oxygens (including phenoxy) is 1. The zero-order chi connectivity index (χ0) is 15.9. The van der Waals surface area contributed by atoms with E-state index in [9.17, 15) is 0 Å². The fraction of sp³-hybridized carbons (Fsp3) is 0.250. The lowest BCUT2D eigenvalue weighted by Crippen LogP contribution is -2.18. The Morgan fingerprint density at radius 3 is 2.45 bits per heavy atom. The summed E-state index contributed by atoms with van der Waals surface area (Å²) < 4.78 is 5.84. The number of hydrogen-bond acceptors (Lipinski definition) is 3. The van der Waals surface area contributed by atoms with Crippen molar-refractivity contribution in [3.8, 4) is 5.75 Å². The van der Waals surface area contributed by atoms with Gasteiger partial charge < -0.3 is 15.2 Å². The Kier molecular flexibility index (Phi) is 6.80. The second kappa shape index (κ2) is 8.61. The first kappa shape index (κ1) is 17.4. The molecule has 0 aliphatic heterocycles. The number of benzene rings is 2. The van der Waals surface area contributed by atoms with Crippen LogP contribution in [0.4, 0.5) is 0 Å². The van der Waals surface area contributed by atoms with Gasteiger partial charge in [-0.15, -0.1) is 0 Å². The summed E-state index contributed by atoms with van der Waals surface area (Å²) in [7, 11) is 0. The second-order valence-corrected chi connectivity index (χ2v) is 5.89. The first-order valence-corrected chi connectivity index (χ1v) is 7.91. The van der Waals surface area contributed by atoms with Crippen LogP contribution < -0.4 is 10.1 Å². The average Bonchev–Trinajstić information content (AvgIpc) is 2.49. The van der Waals surface area contributed by atoms with Gasteiger partial charge in [-0.05, 0) is 30.3 Å². The van der Waals surface area contributed by atoms with E-state index in [1.54, 1.807) is 24.3 Å². The van der Waals surface area contributed by atoms with Crippen molar-refractivity contribution < 1.29 is 9.84 Å². The van der Waals surface area contributed by atoms with Crippen LogP contribution in [0.3, 0.4) is 0 Å². The van der Waals surface area contributed by atoms with Crippen LogP contribution >= 0.6 is 34.8 Å². The zero-order valence-corrected chi connectivity index (χ0v) is 14.0. The summed E-state index contributed by atoms with van der Waals surface area (Å²) in [5.41, 5.74) is 1.65. The van der Waals surface area contributed by atoms with Crippen molar-refractivity contribution in [2.45, 2.75) is 13.2 Å². The lowest BCUT2D eigenvalue weighted by molar-refractivity contribution is 0.288. The molecule has 2 aromatic rings. The topological polar surface area (TPSA) is 41.5 Å². The number of halogens is 3. The Balaban J connectivity index is 2.12. The summed E-state index contributed by atoms with van der Waals surface area (Å²) in [5.74, 6) is 0.700. The fourth-order valence-electron chi connectivity index (χ4n) is 1.95. The molecule has 3 nitrogen and oxygen atoms in total. The van der Waals surface area contributed by atoms with Crippen molar-refractivity contribution in [1.82, 2.24) is 5.32 Å². The van der Waals surface area contributed by atoms with E-state index < -0.39 is 0 Å². The SMILES string of the molecule is OCCNCc1cc(Cl)ccc1OCc1c(Cl)cccc1Cl. The lowest BCUT2D eigenvalue weighted by Gasteiger charge is -2.14. The molecule has 2 rings (SSSR count). The molecule has 2 N–H and O–H groups in total. The third-order valence-electron chi connectivity index (χ3n) is 3.06. The molecule has 0 bridgehead atoms. The van der Waals surface area contributed by atoms with Crippen molar-refractivity contribution in [2.75, 3.05) is 13.2 Å². The van der Waals surface area contributed by atoms with Crippen molar-refractivity contribution in [1.29, 1.82) is 0 Å². The molecule has 0 aromatic heterocycles. The maximum atomic E-state index is 8.83. The van der Waals surface area contributed by atoms with Gasteiger partial charge in [0.1, 0.15) is 12.4 Å². The molecular formula is C16H16Cl3NO2. The molecule has 2 aromatic carbocycles. The number of aliphatic hydroxyl groups is 1. The molecular weight excluding hydrogens is 345 g/mol. The normalized spacial score (nSPS) is 10.7. The van der Waals surface area contributed by atoms with E-state index in [-0.39, 0.29) is 13.2 Å². The molecule has 22 heavy (non-hydrogen) atoms. The average molecular weight is 361 g/mol. The first-order chi connectivity index (χ1) is 10.6. The lowest BCUT2D eigenvalue weighted by atomic mass is 10.2. The van der Waals surface area contributed by atoms with Crippen LogP contribution in [0.2, 0.25) is 15.1 Å². The molecule has 0 heterocycles. The highest BCUT2D eigenvalue weighted by Crippen LogP contribution is 2.28. The van der Waals surface area contributed by atoms with E-state index in [4.69, 9.17) is 44.6 Å². The highest BCUT2D eigenvalue weighted by Gasteiger charge is 2.09. The van der Waals surface area contributed by atoms with Crippen LogP contribution in [0.25, 0.3) is 0 Å². The van der Waals surface area contributed by atoms with Crippen LogP contribution in [-0.4, -0.2) is 18.3 Å². The van der Waals surface area contributed by atoms with Crippen LogP contribution in [0, 0.1) is 0 Å². The minimum atomic E-state index is 0.0754. The highest BCUT2D eigenvalue weighted by atomic mass is 35.5. The van der Waals surface area contributed by atoms with Gasteiger partial charge in [-0.3, -0.25) is 0 Å². The van der Waals surface area contributed by atoms with E-state index in [1.165, 1.54) is 0 Å². The predicted octanol–water partition coefficient (Wildman–Crippen LogP) is 4.31. The van der Waals surface area contributed by atoms with Gasteiger partial charge in [-0.2, -0.15) is 0 Å². The molecule has 0 aliphatic carbocycles. The molecule has 0 fully saturated rings. The molecule has 0 spiro atoms. The molecule has 0 unspecified atom stereocenters. The van der Waals surface area contributed by atoms with Gasteiger partial charge in [-0.25, -0.2) is 0 Å². The molecule has 0 atom stereocenters. The number of hydrogen-bond donors (Lipinski definition) is 2. The van der Waals surface area contributed by atoms with E-state index in [0.717, 1.165) is 11.1 Å². The summed E-state index contributed by atoms with van der Waals surface area (Å²) in [6.45, 7) is 1.40. The van der Waals surface area contributed by atoms with Gasteiger partial charge in [-0.1, -0.05) is 40.9 Å². The van der Waals surface area contributed by atoms with Crippen LogP contribution in [0.1, 0.15) is 11.1 Å². The molecule has 118 valence electrons. The van der Waals surface area contributed by atoms with Gasteiger partial charge in [0.05, 0.1) is 6.61 Å². The van der Waals surface area contributed by atoms with Crippen molar-refractivity contribution in [3.05, 3.63) is 62.6 Å². The maximum absolute atomic E-state index is 8.83. The first-order valence-electron chi connectivity index (χ1n) is 6.77. The van der Waals surface area contributed by atoms with Gasteiger partial charge in [0, 0.05) is 39.3 Å². The standard InChI is InChI=1S/C16H16Cl3NO2/c17-12-4-5-16(11(8-12)9-20-6-7-21)22-10-13-14(18)2-1-3-15(13)19/h1-5,8,20-21H,6-7,9-10H2. The monoisotopic (exact) mass is 359 g/mol. The van der Waals surface area contributed by atoms with E-state index in [0.29, 0.717) is 33.9 Å². The van der Waals surface area contributed by atoms with Crippen LogP contribution in [0.5, 0.6) is 5.75 Å². The number of aliphatic hydroxyl groups excluding tert-OH is 1. The zero-order valence-electron chi connectivity index (χ0n) is 11.8. The highest BCUT2D eigenvalue weighted by molar-refractivity contribution is 6.35. The van der Waals surface area contributed by atoms with E-state index in [2.05, 4.69) is 5.32 Å². The largest absolute Gasteiger partial charge is 0.488 e. The van der Waals surface area contributed by atoms with Crippen LogP contribution in [-0.2, 0) is 13.2 Å². The Hall–Kier alpha value is -0.970. The Morgan fingerprint density at radius 1 is 1.05 bits per heavy atom. The van der Waals surface area contributed by atoms with Gasteiger partial charge in [0.15, 0.2) is 0 Å². The Bertz CT molecular complexity index is 615. The minimum Gasteiger partial charge on any atom is -0.488 e. The Labute approximate surface area is 144 Å². The third kappa shape index (κ3) is 4.77. The summed E-state index contributed by atoms with van der Waals surface area (Å²) in [6, 6.07) is 10.7. The summed E-state index contributed by atoms with van der Waals surface area (Å²) >= 11 is 18.3. The molecule has 0 amide bonds. The fourth-order valence-corrected chi connectivity index (χ4v) is 2.65. The molecule has 0 aliphatic rings. The Morgan fingerprint density at radius 2 is 1.77 bits per heavy atom. The molecule has 0 radical (unpaired) electrons. The minimum absolute atomic E-state index is 0.0754. The van der Waals surface area contributed by atoms with Crippen molar-refractivity contribution in [3.63, 3.8) is 0 Å². The summed E-state index contributed by atoms with van der Waals surface area (Å²) in [6.07, 6.45) is 0.